The lowest BCUT2D eigenvalue weighted by atomic mass is 9.88. The molecule has 36 heavy (non-hydrogen) atoms. The summed E-state index contributed by atoms with van der Waals surface area (Å²) in [5.74, 6) is 1.40. The van der Waals surface area contributed by atoms with Gasteiger partial charge in [-0.05, 0) is 54.0 Å². The summed E-state index contributed by atoms with van der Waals surface area (Å²) in [6.45, 7) is 21.8. The number of fused-ring (bicyclic) bond motifs is 1. The third-order valence-corrected chi connectivity index (χ3v) is 6.58. The lowest BCUT2D eigenvalue weighted by molar-refractivity contribution is -0.103. The van der Waals surface area contributed by atoms with Gasteiger partial charge in [-0.25, -0.2) is 9.98 Å². The van der Waals surface area contributed by atoms with Gasteiger partial charge in [0.05, 0.1) is 11.4 Å². The molecule has 2 heterocycles. The summed E-state index contributed by atoms with van der Waals surface area (Å²) < 4.78 is 0. The fraction of sp³-hybridized carbons (Fsp3) is 0.300. The van der Waals surface area contributed by atoms with Crippen LogP contribution in [0.15, 0.2) is 101 Å². The number of aryl methyl sites for hydroxylation is 2. The van der Waals surface area contributed by atoms with E-state index in [1.54, 1.807) is 24.1 Å². The first-order valence-corrected chi connectivity index (χ1v) is 12.5. The number of nitrogens with zero attached hydrogens (tertiary/aromatic N) is 4. The van der Waals surface area contributed by atoms with E-state index in [1.165, 1.54) is 16.7 Å². The number of benzene rings is 1. The summed E-state index contributed by atoms with van der Waals surface area (Å²) in [6.07, 6.45) is 7.74. The first-order valence-electron chi connectivity index (χ1n) is 12.5. The Hall–Kier alpha value is -3.93. The predicted molar refractivity (Wildman–Crippen MR) is 153 cm³/mol. The second kappa shape index (κ2) is 11.7. The highest BCUT2D eigenvalue weighted by Crippen LogP contribution is 2.38. The van der Waals surface area contributed by atoms with E-state index in [0.29, 0.717) is 23.9 Å². The minimum absolute atomic E-state index is 0. The highest BCUT2D eigenvalue weighted by atomic mass is 16.1. The summed E-state index contributed by atoms with van der Waals surface area (Å²) in [5.41, 5.74) is 14.6. The van der Waals surface area contributed by atoms with Gasteiger partial charge in [-0.2, -0.15) is 0 Å². The lowest BCUT2D eigenvalue weighted by Crippen LogP contribution is -2.33. The molecule has 0 spiro atoms. The van der Waals surface area contributed by atoms with Gasteiger partial charge in [0.2, 0.25) is 0 Å². The van der Waals surface area contributed by atoms with E-state index in [9.17, 15) is 4.79 Å². The smallest absolute Gasteiger partial charge is 0.185 e. The van der Waals surface area contributed by atoms with Crippen LogP contribution in [0.3, 0.4) is 0 Å². The van der Waals surface area contributed by atoms with Gasteiger partial charge in [0, 0.05) is 32.7 Å². The van der Waals surface area contributed by atoms with E-state index in [-0.39, 0.29) is 1.43 Å². The number of aliphatic imine (C=N–C) groups is 2. The molecule has 4 rings (SSSR count). The highest BCUT2D eigenvalue weighted by molar-refractivity contribution is 6.31. The number of aldehydes is 1. The molecule has 190 valence electrons. The normalized spacial score (nSPS) is 18.4. The molecule has 1 aromatic carbocycles. The lowest BCUT2D eigenvalue weighted by Gasteiger charge is -2.36. The van der Waals surface area contributed by atoms with Gasteiger partial charge in [0.15, 0.2) is 18.0 Å². The number of amidine groups is 2. The van der Waals surface area contributed by atoms with Crippen LogP contribution in [0, 0.1) is 0 Å². The summed E-state index contributed by atoms with van der Waals surface area (Å²) in [7, 11) is 1.75. The molecule has 6 nitrogen and oxygen atoms in total. The molecule has 0 aromatic heterocycles. The molecule has 1 aliphatic carbocycles. The largest absolute Gasteiger partial charge is 0.397 e. The number of carbonyl (C=O) groups is 1. The monoisotopic (exact) mass is 485 g/mol. The maximum atomic E-state index is 11.5. The molecule has 0 saturated heterocycles. The Labute approximate surface area is 216 Å². The summed E-state index contributed by atoms with van der Waals surface area (Å²) in [5, 5.41) is 0. The molecule has 2 N–H and O–H groups in total. The van der Waals surface area contributed by atoms with Crippen molar-refractivity contribution in [2.75, 3.05) is 13.6 Å². The number of likely N-dealkylation sites (N-methyl/N-ethyl adjacent to an activating group) is 1. The minimum atomic E-state index is 0. The first-order chi connectivity index (χ1) is 17.3. The number of allylic oxidation sites excluding steroid dienone is 4. The van der Waals surface area contributed by atoms with Crippen molar-refractivity contribution in [1.82, 2.24) is 9.80 Å². The zero-order chi connectivity index (χ0) is 26.4. The van der Waals surface area contributed by atoms with Crippen LogP contribution in [0.4, 0.5) is 0 Å². The van der Waals surface area contributed by atoms with E-state index in [1.807, 2.05) is 13.8 Å². The van der Waals surface area contributed by atoms with Gasteiger partial charge < -0.3 is 15.5 Å². The van der Waals surface area contributed by atoms with Gasteiger partial charge in [-0.3, -0.25) is 4.79 Å². The number of carbonyl (C=O) groups excluding carboxylic acids is 1. The van der Waals surface area contributed by atoms with Crippen LogP contribution < -0.4 is 5.73 Å². The van der Waals surface area contributed by atoms with E-state index in [2.05, 4.69) is 59.4 Å². The molecule has 0 saturated carbocycles. The third kappa shape index (κ3) is 5.33. The van der Waals surface area contributed by atoms with Crippen LogP contribution in [0.25, 0.3) is 0 Å². The number of nitrogens with two attached hydrogens (primary N) is 1. The van der Waals surface area contributed by atoms with Gasteiger partial charge in [-0.15, -0.1) is 0 Å². The van der Waals surface area contributed by atoms with E-state index in [0.717, 1.165) is 66.8 Å². The maximum Gasteiger partial charge on any atom is 0.185 e. The molecule has 0 bridgehead atoms. The van der Waals surface area contributed by atoms with Crippen molar-refractivity contribution >= 4 is 18.0 Å². The van der Waals surface area contributed by atoms with Gasteiger partial charge in [0.25, 0.3) is 0 Å². The zero-order valence-corrected chi connectivity index (χ0v) is 21.8. The average molecular weight is 486 g/mol. The molecule has 2 aliphatic heterocycles. The SMILES string of the molecule is C=C/C=C1/N=C(C(=C)CCc2ccc3c(c2)CN(C2=C(N)C(=C)C2=C)CCC3)N=C(C=O)N1C.CC.[HH]. The quantitative estimate of drug-likeness (QED) is 0.521. The van der Waals surface area contributed by atoms with Crippen molar-refractivity contribution in [1.29, 1.82) is 0 Å². The summed E-state index contributed by atoms with van der Waals surface area (Å²) in [6, 6.07) is 6.72. The van der Waals surface area contributed by atoms with Crippen molar-refractivity contribution < 1.29 is 6.22 Å². The Balaban J connectivity index is 0.00000157. The second-order valence-corrected chi connectivity index (χ2v) is 8.79. The number of hydrogen-bond donors (Lipinski definition) is 1. The van der Waals surface area contributed by atoms with Crippen molar-refractivity contribution in [3.05, 3.63) is 107 Å². The molecule has 0 amide bonds. The maximum absolute atomic E-state index is 11.5. The van der Waals surface area contributed by atoms with Crippen LogP contribution in [-0.2, 0) is 24.2 Å². The fourth-order valence-corrected chi connectivity index (χ4v) is 4.51. The first kappa shape index (κ1) is 26.7. The molecular formula is C30H39N5O. The molecule has 1 aromatic rings. The Bertz CT molecular complexity index is 1230. The summed E-state index contributed by atoms with van der Waals surface area (Å²) >= 11 is 0. The fourth-order valence-electron chi connectivity index (χ4n) is 4.51. The third-order valence-electron chi connectivity index (χ3n) is 6.58. The predicted octanol–water partition coefficient (Wildman–Crippen LogP) is 5.46. The van der Waals surface area contributed by atoms with Crippen LogP contribution in [-0.4, -0.2) is 41.3 Å². The van der Waals surface area contributed by atoms with Crippen LogP contribution in [0.5, 0.6) is 0 Å². The molecule has 0 unspecified atom stereocenters. The van der Waals surface area contributed by atoms with Gasteiger partial charge >= 0.3 is 0 Å². The molecule has 6 heteroatoms. The van der Waals surface area contributed by atoms with Gasteiger partial charge in [-0.1, -0.05) is 64.4 Å². The van der Waals surface area contributed by atoms with Crippen LogP contribution >= 0.6 is 0 Å². The van der Waals surface area contributed by atoms with Gasteiger partial charge in [0.1, 0.15) is 5.82 Å². The second-order valence-electron chi connectivity index (χ2n) is 8.79. The molecule has 0 atom stereocenters. The topological polar surface area (TPSA) is 74.3 Å². The zero-order valence-electron chi connectivity index (χ0n) is 21.8. The Morgan fingerprint density at radius 3 is 2.61 bits per heavy atom. The van der Waals surface area contributed by atoms with E-state index in [4.69, 9.17) is 5.73 Å². The molecule has 0 fully saturated rings. The minimum Gasteiger partial charge on any atom is -0.397 e. The molecule has 0 radical (unpaired) electrons. The Morgan fingerprint density at radius 1 is 1.19 bits per heavy atom. The Morgan fingerprint density at radius 2 is 1.94 bits per heavy atom. The number of rotatable bonds is 7. The van der Waals surface area contributed by atoms with Crippen LogP contribution in [0.1, 0.15) is 44.8 Å². The van der Waals surface area contributed by atoms with Crippen molar-refractivity contribution in [2.24, 2.45) is 15.7 Å². The molecule has 3 aliphatic rings. The Kier molecular flexibility index (Phi) is 8.64. The van der Waals surface area contributed by atoms with Crippen molar-refractivity contribution in [3.63, 3.8) is 0 Å². The summed E-state index contributed by atoms with van der Waals surface area (Å²) in [4.78, 5) is 24.4. The van der Waals surface area contributed by atoms with Crippen molar-refractivity contribution in [3.8, 4) is 0 Å². The highest BCUT2D eigenvalue weighted by Gasteiger charge is 2.30. The van der Waals surface area contributed by atoms with E-state index >= 15 is 0 Å². The molecular weight excluding hydrogens is 446 g/mol. The number of hydrogen-bond acceptors (Lipinski definition) is 6. The standard InChI is InChI=1S/C28H31N5O.C2H6.H2/c1-6-8-24-30-28(31-25(17-34)32(24)5)18(2)10-11-21-12-13-22-9-7-14-33(16-23(22)15-21)27-20(4)19(3)26(27)29;1-2;/h6,8,12-13,15,17H,1-4,7,9-11,14,16,29H2,5H3;1-2H3;1H/b24-8-;;. The van der Waals surface area contributed by atoms with E-state index < -0.39 is 0 Å². The van der Waals surface area contributed by atoms with Crippen LogP contribution in [0.2, 0.25) is 0 Å². The van der Waals surface area contributed by atoms with Crippen molar-refractivity contribution in [2.45, 2.75) is 46.1 Å². The average Bonchev–Trinajstić information content (AvgIpc) is 3.11.